The van der Waals surface area contributed by atoms with Gasteiger partial charge in [-0.05, 0) is 71.5 Å². The van der Waals surface area contributed by atoms with Gasteiger partial charge in [-0.3, -0.25) is 0 Å². The average molecular weight is 494 g/mol. The third-order valence-electron chi connectivity index (χ3n) is 5.52. The number of anilines is 1. The second kappa shape index (κ2) is 14.8. The second-order valence-electron chi connectivity index (χ2n) is 8.40. The van der Waals surface area contributed by atoms with E-state index in [9.17, 15) is 0 Å². The number of ether oxygens (including phenoxy) is 1. The van der Waals surface area contributed by atoms with E-state index >= 15 is 0 Å². The maximum atomic E-state index is 9.10. The Hall–Kier alpha value is -3.52. The second-order valence-corrected chi connectivity index (χ2v) is 8.40. The number of hydrogen-bond donors (Lipinski definition) is 2. The van der Waals surface area contributed by atoms with Crippen molar-refractivity contribution in [1.82, 2.24) is 0 Å². The number of aliphatic hydroxyl groups excluding tert-OH is 1. The summed E-state index contributed by atoms with van der Waals surface area (Å²) in [6.45, 7) is 6.33. The molecule has 0 spiro atoms. The molecule has 7 heteroatoms. The fourth-order valence-electron chi connectivity index (χ4n) is 3.50. The lowest BCUT2D eigenvalue weighted by Gasteiger charge is -2.12. The fraction of sp³-hybridized carbons (Fsp3) is 0.310. The van der Waals surface area contributed by atoms with Gasteiger partial charge in [-0.1, -0.05) is 55.6 Å². The summed E-state index contributed by atoms with van der Waals surface area (Å²) in [4.78, 5) is 20.6. The molecule has 2 N–H and O–H groups in total. The largest absolute Gasteiger partial charge is 0.493 e. The molecule has 0 atom stereocenters. The van der Waals surface area contributed by atoms with Crippen molar-refractivity contribution in [2.24, 2.45) is 0 Å². The Kier molecular flexibility index (Phi) is 11.1. The summed E-state index contributed by atoms with van der Waals surface area (Å²) in [6.07, 6.45) is 5.32. The van der Waals surface area contributed by atoms with E-state index in [0.717, 1.165) is 23.2 Å². The van der Waals surface area contributed by atoms with E-state index in [4.69, 9.17) is 29.5 Å². The summed E-state index contributed by atoms with van der Waals surface area (Å²) in [5, 5.41) is 9.10. The highest BCUT2D eigenvalue weighted by molar-refractivity contribution is 5.67. The predicted octanol–water partition coefficient (Wildman–Crippen LogP) is 6.68. The zero-order valence-corrected chi connectivity index (χ0v) is 21.0. The summed E-state index contributed by atoms with van der Waals surface area (Å²) in [5.74, 6) is 1.68. The van der Waals surface area contributed by atoms with Crippen molar-refractivity contribution in [3.63, 3.8) is 0 Å². The van der Waals surface area contributed by atoms with Crippen molar-refractivity contribution in [2.45, 2.75) is 39.0 Å². The predicted molar refractivity (Wildman–Crippen MR) is 141 cm³/mol. The van der Waals surface area contributed by atoms with Gasteiger partial charge in [-0.2, -0.15) is 4.89 Å². The van der Waals surface area contributed by atoms with Gasteiger partial charge in [0.1, 0.15) is 5.75 Å². The van der Waals surface area contributed by atoms with Gasteiger partial charge in [0.15, 0.2) is 11.5 Å². The van der Waals surface area contributed by atoms with Crippen LogP contribution in [0.25, 0.3) is 11.1 Å². The van der Waals surface area contributed by atoms with Gasteiger partial charge in [0.25, 0.3) is 0 Å². The van der Waals surface area contributed by atoms with Crippen LogP contribution in [0.5, 0.6) is 17.2 Å². The Morgan fingerprint density at radius 1 is 0.861 bits per heavy atom. The van der Waals surface area contributed by atoms with Crippen molar-refractivity contribution in [3.05, 3.63) is 84.4 Å². The number of unbranched alkanes of at least 4 members (excludes halogenated alkanes) is 2. The SMILES string of the molecule is C=C(CO)CCOc1cc(OOC)cc(-c2ccc(OONc3ccc(CCCCC)cc3)cc2)c1. The van der Waals surface area contributed by atoms with E-state index in [2.05, 4.69) is 31.1 Å². The molecule has 7 nitrogen and oxygen atoms in total. The van der Waals surface area contributed by atoms with Crippen LogP contribution >= 0.6 is 0 Å². The molecule has 0 aliphatic rings. The standard InChI is InChI=1S/C29H35NO6/c1-4-5-6-7-23-8-12-26(13-9-23)30-36-35-27-14-10-24(11-15-27)25-18-28(20-29(19-25)34-32-3)33-17-16-22(2)21-31/h8-15,18-20,30-31H,2,4-7,16-17,21H2,1,3H3. The normalized spacial score (nSPS) is 10.6. The lowest BCUT2D eigenvalue weighted by molar-refractivity contribution is -0.178. The molecule has 0 aliphatic carbocycles. The molecule has 0 saturated heterocycles. The number of benzene rings is 3. The van der Waals surface area contributed by atoms with Crippen LogP contribution < -0.4 is 20.0 Å². The van der Waals surface area contributed by atoms with Crippen molar-refractivity contribution < 1.29 is 29.5 Å². The van der Waals surface area contributed by atoms with Crippen LogP contribution in [0.3, 0.4) is 0 Å². The summed E-state index contributed by atoms with van der Waals surface area (Å²) >= 11 is 0. The van der Waals surface area contributed by atoms with Gasteiger partial charge < -0.3 is 19.6 Å². The number of rotatable bonds is 16. The van der Waals surface area contributed by atoms with Gasteiger partial charge in [0.05, 0.1) is 26.0 Å². The molecule has 3 aromatic carbocycles. The molecule has 3 rings (SSSR count). The fourth-order valence-corrected chi connectivity index (χ4v) is 3.50. The minimum atomic E-state index is -0.0551. The third kappa shape index (κ3) is 8.92. The Morgan fingerprint density at radius 3 is 2.31 bits per heavy atom. The van der Waals surface area contributed by atoms with E-state index in [1.165, 1.54) is 31.9 Å². The number of aliphatic hydroxyl groups is 1. The third-order valence-corrected chi connectivity index (χ3v) is 5.52. The van der Waals surface area contributed by atoms with E-state index < -0.39 is 0 Å². The number of aryl methyl sites for hydroxylation is 1. The van der Waals surface area contributed by atoms with E-state index in [0.29, 0.717) is 35.8 Å². The number of nitrogens with one attached hydrogen (secondary N) is 1. The van der Waals surface area contributed by atoms with Crippen LogP contribution in [0.1, 0.15) is 38.2 Å². The monoisotopic (exact) mass is 493 g/mol. The zero-order valence-electron chi connectivity index (χ0n) is 21.0. The molecule has 192 valence electrons. The highest BCUT2D eigenvalue weighted by atomic mass is 17.3. The Morgan fingerprint density at radius 2 is 1.61 bits per heavy atom. The van der Waals surface area contributed by atoms with Gasteiger partial charge in [-0.25, -0.2) is 5.48 Å². The topological polar surface area (TPSA) is 78.4 Å². The maximum Gasteiger partial charge on any atom is 0.169 e. The Balaban J connectivity index is 1.55. The van der Waals surface area contributed by atoms with Crippen LogP contribution in [0, 0.1) is 0 Å². The lowest BCUT2D eigenvalue weighted by atomic mass is 10.0. The maximum absolute atomic E-state index is 9.10. The van der Waals surface area contributed by atoms with Crippen molar-refractivity contribution >= 4 is 5.69 Å². The molecule has 0 bridgehead atoms. The quantitative estimate of drug-likeness (QED) is 0.0997. The van der Waals surface area contributed by atoms with E-state index in [1.807, 2.05) is 48.5 Å². The zero-order chi connectivity index (χ0) is 25.6. The minimum absolute atomic E-state index is 0.0551. The molecule has 3 aromatic rings. The summed E-state index contributed by atoms with van der Waals surface area (Å²) in [5.41, 5.74) is 7.46. The first-order chi connectivity index (χ1) is 17.6. The van der Waals surface area contributed by atoms with Crippen molar-refractivity contribution in [2.75, 3.05) is 25.8 Å². The van der Waals surface area contributed by atoms with Crippen molar-refractivity contribution in [3.8, 4) is 28.4 Å². The summed E-state index contributed by atoms with van der Waals surface area (Å²) < 4.78 is 5.82. The first-order valence-corrected chi connectivity index (χ1v) is 12.2. The molecule has 0 fully saturated rings. The van der Waals surface area contributed by atoms with Gasteiger partial charge in [-0.15, -0.1) is 0 Å². The van der Waals surface area contributed by atoms with Crippen LogP contribution in [0.2, 0.25) is 0 Å². The molecular weight excluding hydrogens is 458 g/mol. The smallest absolute Gasteiger partial charge is 0.169 e. The van der Waals surface area contributed by atoms with Gasteiger partial charge >= 0.3 is 0 Å². The van der Waals surface area contributed by atoms with Crippen LogP contribution in [-0.2, 0) is 16.3 Å². The number of hydrogen-bond acceptors (Lipinski definition) is 7. The molecule has 0 radical (unpaired) electrons. The van der Waals surface area contributed by atoms with Crippen molar-refractivity contribution in [1.29, 1.82) is 0 Å². The molecule has 36 heavy (non-hydrogen) atoms. The van der Waals surface area contributed by atoms with E-state index in [1.54, 1.807) is 6.07 Å². The van der Waals surface area contributed by atoms with Gasteiger partial charge in [0.2, 0.25) is 0 Å². The highest BCUT2D eigenvalue weighted by Crippen LogP contribution is 2.31. The molecule has 0 unspecified atom stereocenters. The van der Waals surface area contributed by atoms with Crippen LogP contribution in [-0.4, -0.2) is 25.4 Å². The first-order valence-electron chi connectivity index (χ1n) is 12.2. The Bertz CT molecular complexity index is 1070. The first kappa shape index (κ1) is 27.1. The van der Waals surface area contributed by atoms with E-state index in [-0.39, 0.29) is 6.61 Å². The van der Waals surface area contributed by atoms with Gasteiger partial charge in [0, 0.05) is 12.5 Å². The van der Waals surface area contributed by atoms with Crippen LogP contribution in [0.4, 0.5) is 5.69 Å². The molecule has 0 aromatic heterocycles. The highest BCUT2D eigenvalue weighted by Gasteiger charge is 2.08. The van der Waals surface area contributed by atoms with Crippen LogP contribution in [0.15, 0.2) is 78.9 Å². The average Bonchev–Trinajstić information content (AvgIpc) is 2.90. The summed E-state index contributed by atoms with van der Waals surface area (Å²) in [6, 6.07) is 21.1. The minimum Gasteiger partial charge on any atom is -0.493 e. The molecule has 0 amide bonds. The molecule has 0 saturated carbocycles. The molecule has 0 aliphatic heterocycles. The lowest BCUT2D eigenvalue weighted by Crippen LogP contribution is -2.05. The molecule has 0 heterocycles. The Labute approximate surface area is 213 Å². The molecular formula is C29H35NO6. The summed E-state index contributed by atoms with van der Waals surface area (Å²) in [7, 11) is 1.45.